The monoisotopic (exact) mass is 375 g/mol. The molecule has 0 aliphatic carbocycles. The van der Waals surface area contributed by atoms with Crippen LogP contribution in [0.1, 0.15) is 6.04 Å². The second kappa shape index (κ2) is 6.86. The first-order valence-electron chi connectivity index (χ1n) is 8.94. The molecule has 9 nitrogen and oxygen atoms in total. The minimum absolute atomic E-state index is 0.162. The summed E-state index contributed by atoms with van der Waals surface area (Å²) in [6, 6.07) is 12.3. The van der Waals surface area contributed by atoms with Crippen LogP contribution in [0.4, 0.5) is 5.95 Å². The average Bonchev–Trinajstić information content (AvgIpc) is 3.37. The maximum atomic E-state index is 12.5. The Hall–Kier alpha value is -3.59. The number of hydrogen-bond acceptors (Lipinski definition) is 7. The SMILES string of the molecule is O=c1ccc(-c2ccncc2)nn1C1COCC1Nc1nnc2ccccn12. The number of ether oxygens (including phenoxy) is 1. The third-order valence-electron chi connectivity index (χ3n) is 4.79. The molecule has 140 valence electrons. The molecular formula is C19H17N7O2. The van der Waals surface area contributed by atoms with Crippen molar-refractivity contribution in [3.63, 3.8) is 0 Å². The summed E-state index contributed by atoms with van der Waals surface area (Å²) in [5.74, 6) is 0.606. The van der Waals surface area contributed by atoms with E-state index in [-0.39, 0.29) is 17.6 Å². The van der Waals surface area contributed by atoms with E-state index in [2.05, 4.69) is 25.6 Å². The van der Waals surface area contributed by atoms with Gasteiger partial charge in [0.15, 0.2) is 5.65 Å². The lowest BCUT2D eigenvalue weighted by Crippen LogP contribution is -2.37. The van der Waals surface area contributed by atoms with Crippen LogP contribution in [0.25, 0.3) is 16.9 Å². The smallest absolute Gasteiger partial charge is 0.267 e. The molecule has 4 aromatic rings. The van der Waals surface area contributed by atoms with Gasteiger partial charge in [-0.2, -0.15) is 5.10 Å². The fraction of sp³-hybridized carbons (Fsp3) is 0.211. The van der Waals surface area contributed by atoms with Gasteiger partial charge in [0.1, 0.15) is 6.04 Å². The number of hydrogen-bond donors (Lipinski definition) is 1. The molecule has 0 aromatic carbocycles. The summed E-state index contributed by atoms with van der Waals surface area (Å²) in [5.41, 5.74) is 2.18. The van der Waals surface area contributed by atoms with Crippen LogP contribution in [0.5, 0.6) is 0 Å². The molecule has 2 atom stereocenters. The summed E-state index contributed by atoms with van der Waals surface area (Å²) in [4.78, 5) is 16.5. The maximum absolute atomic E-state index is 12.5. The van der Waals surface area contributed by atoms with Crippen LogP contribution >= 0.6 is 0 Å². The minimum Gasteiger partial charge on any atom is -0.377 e. The Morgan fingerprint density at radius 1 is 1.04 bits per heavy atom. The molecule has 28 heavy (non-hydrogen) atoms. The molecule has 2 unspecified atom stereocenters. The zero-order chi connectivity index (χ0) is 18.9. The molecule has 0 saturated carbocycles. The highest BCUT2D eigenvalue weighted by Gasteiger charge is 2.32. The second-order valence-electron chi connectivity index (χ2n) is 6.55. The fourth-order valence-electron chi connectivity index (χ4n) is 3.37. The number of pyridine rings is 2. The molecule has 1 N–H and O–H groups in total. The van der Waals surface area contributed by atoms with E-state index in [4.69, 9.17) is 4.74 Å². The highest BCUT2D eigenvalue weighted by atomic mass is 16.5. The molecule has 1 aliphatic heterocycles. The van der Waals surface area contributed by atoms with Crippen LogP contribution in [0, 0.1) is 0 Å². The molecule has 5 rings (SSSR count). The molecule has 5 heterocycles. The van der Waals surface area contributed by atoms with Crippen molar-refractivity contribution in [2.45, 2.75) is 12.1 Å². The van der Waals surface area contributed by atoms with Gasteiger partial charge in [-0.15, -0.1) is 10.2 Å². The van der Waals surface area contributed by atoms with Crippen LogP contribution in [0.3, 0.4) is 0 Å². The third kappa shape index (κ3) is 2.91. The molecule has 1 fully saturated rings. The van der Waals surface area contributed by atoms with Gasteiger partial charge in [-0.05, 0) is 30.3 Å². The van der Waals surface area contributed by atoms with E-state index in [1.807, 2.05) is 40.9 Å². The molecule has 0 spiro atoms. The lowest BCUT2D eigenvalue weighted by Gasteiger charge is -2.20. The molecule has 0 amide bonds. The standard InChI is InChI=1S/C19H17N7O2/c27-18-5-4-14(13-6-8-20-9-7-13)24-26(18)16-12-28-11-15(16)21-19-23-22-17-3-1-2-10-25(17)19/h1-10,15-16H,11-12H2,(H,21,23). The van der Waals surface area contributed by atoms with Crippen molar-refractivity contribution in [3.05, 3.63) is 71.4 Å². The van der Waals surface area contributed by atoms with Crippen molar-refractivity contribution in [2.24, 2.45) is 0 Å². The van der Waals surface area contributed by atoms with Crippen LogP contribution < -0.4 is 10.9 Å². The molecule has 9 heteroatoms. The van der Waals surface area contributed by atoms with Gasteiger partial charge in [0.05, 0.1) is 24.9 Å². The van der Waals surface area contributed by atoms with Gasteiger partial charge in [0, 0.05) is 30.2 Å². The number of nitrogens with zero attached hydrogens (tertiary/aromatic N) is 6. The minimum atomic E-state index is -0.259. The van der Waals surface area contributed by atoms with Crippen molar-refractivity contribution < 1.29 is 4.74 Å². The number of anilines is 1. The Labute approximate surface area is 159 Å². The van der Waals surface area contributed by atoms with Gasteiger partial charge in [-0.25, -0.2) is 4.68 Å². The summed E-state index contributed by atoms with van der Waals surface area (Å²) in [7, 11) is 0. The normalized spacial score (nSPS) is 19.1. The van der Waals surface area contributed by atoms with Gasteiger partial charge in [-0.3, -0.25) is 14.2 Å². The number of fused-ring (bicyclic) bond motifs is 1. The number of rotatable bonds is 4. The molecule has 1 saturated heterocycles. The van der Waals surface area contributed by atoms with E-state index >= 15 is 0 Å². The van der Waals surface area contributed by atoms with Crippen LogP contribution in [-0.2, 0) is 4.74 Å². The molecule has 0 bridgehead atoms. The van der Waals surface area contributed by atoms with Crippen LogP contribution in [0.15, 0.2) is 65.8 Å². The van der Waals surface area contributed by atoms with E-state index in [0.717, 1.165) is 11.2 Å². The quantitative estimate of drug-likeness (QED) is 0.575. The van der Waals surface area contributed by atoms with Crippen molar-refractivity contribution in [3.8, 4) is 11.3 Å². The van der Waals surface area contributed by atoms with Crippen molar-refractivity contribution in [1.29, 1.82) is 0 Å². The Kier molecular flexibility index (Phi) is 4.06. The van der Waals surface area contributed by atoms with Crippen LogP contribution in [-0.4, -0.2) is 48.6 Å². The van der Waals surface area contributed by atoms with Gasteiger partial charge in [0.25, 0.3) is 5.56 Å². The largest absolute Gasteiger partial charge is 0.377 e. The zero-order valence-electron chi connectivity index (χ0n) is 14.8. The van der Waals surface area contributed by atoms with E-state index in [0.29, 0.717) is 24.9 Å². The molecule has 4 aromatic heterocycles. The van der Waals surface area contributed by atoms with Gasteiger partial charge in [0.2, 0.25) is 5.95 Å². The van der Waals surface area contributed by atoms with Crippen LogP contribution in [0.2, 0.25) is 0 Å². The first kappa shape index (κ1) is 16.6. The van der Waals surface area contributed by atoms with Crippen molar-refractivity contribution in [1.82, 2.24) is 29.4 Å². The average molecular weight is 375 g/mol. The third-order valence-corrected chi connectivity index (χ3v) is 4.79. The van der Waals surface area contributed by atoms with Gasteiger partial charge < -0.3 is 10.1 Å². The lowest BCUT2D eigenvalue weighted by molar-refractivity contribution is 0.183. The predicted octanol–water partition coefficient (Wildman–Crippen LogP) is 1.40. The molecule has 0 radical (unpaired) electrons. The number of nitrogens with one attached hydrogen (secondary N) is 1. The van der Waals surface area contributed by atoms with Crippen molar-refractivity contribution in [2.75, 3.05) is 18.5 Å². The van der Waals surface area contributed by atoms with Crippen molar-refractivity contribution >= 4 is 11.6 Å². The second-order valence-corrected chi connectivity index (χ2v) is 6.55. The van der Waals surface area contributed by atoms with Gasteiger partial charge in [-0.1, -0.05) is 6.07 Å². The number of aromatic nitrogens is 6. The van der Waals surface area contributed by atoms with Gasteiger partial charge >= 0.3 is 0 Å². The zero-order valence-corrected chi connectivity index (χ0v) is 14.8. The summed E-state index contributed by atoms with van der Waals surface area (Å²) in [6.07, 6.45) is 5.29. The Morgan fingerprint density at radius 3 is 2.82 bits per heavy atom. The summed E-state index contributed by atoms with van der Waals surface area (Å²) < 4.78 is 9.01. The Morgan fingerprint density at radius 2 is 1.93 bits per heavy atom. The maximum Gasteiger partial charge on any atom is 0.267 e. The topological polar surface area (TPSA) is 99.2 Å². The van der Waals surface area contributed by atoms with E-state index in [1.54, 1.807) is 18.5 Å². The lowest BCUT2D eigenvalue weighted by atomic mass is 10.1. The Bertz CT molecular complexity index is 1170. The Balaban J connectivity index is 1.48. The highest BCUT2D eigenvalue weighted by molar-refractivity contribution is 5.57. The summed E-state index contributed by atoms with van der Waals surface area (Å²) in [5, 5.41) is 16.3. The highest BCUT2D eigenvalue weighted by Crippen LogP contribution is 2.23. The first-order chi connectivity index (χ1) is 13.8. The fourth-order valence-corrected chi connectivity index (χ4v) is 3.37. The van der Waals surface area contributed by atoms with E-state index in [1.165, 1.54) is 10.7 Å². The first-order valence-corrected chi connectivity index (χ1v) is 8.94. The van der Waals surface area contributed by atoms with E-state index in [9.17, 15) is 4.79 Å². The molecule has 1 aliphatic rings. The molecular weight excluding hydrogens is 358 g/mol. The summed E-state index contributed by atoms with van der Waals surface area (Å²) in [6.45, 7) is 0.834. The summed E-state index contributed by atoms with van der Waals surface area (Å²) >= 11 is 0. The van der Waals surface area contributed by atoms with E-state index < -0.39 is 0 Å². The predicted molar refractivity (Wildman–Crippen MR) is 102 cm³/mol.